The smallest absolute Gasteiger partial charge is 0.336 e. The molecule has 1 aliphatic rings. The SMILES string of the molecule is O=C(CCOc1ccccc1)OCc1cc(=O)oc2cc3c(cc12)CCC3. The molecule has 3 aromatic rings. The topological polar surface area (TPSA) is 65.7 Å². The van der Waals surface area contributed by atoms with E-state index in [1.54, 1.807) is 0 Å². The summed E-state index contributed by atoms with van der Waals surface area (Å²) in [6.45, 7) is 0.291. The Labute approximate surface area is 156 Å². The molecular weight excluding hydrogens is 344 g/mol. The minimum Gasteiger partial charge on any atom is -0.493 e. The first-order valence-corrected chi connectivity index (χ1v) is 9.11. The molecule has 2 aromatic carbocycles. The van der Waals surface area contributed by atoms with E-state index in [0.29, 0.717) is 16.9 Å². The molecule has 0 amide bonds. The van der Waals surface area contributed by atoms with Gasteiger partial charge < -0.3 is 13.9 Å². The molecule has 1 aromatic heterocycles. The Morgan fingerprint density at radius 2 is 1.81 bits per heavy atom. The Bertz CT molecular complexity index is 1020. The quantitative estimate of drug-likeness (QED) is 0.492. The van der Waals surface area contributed by atoms with Crippen molar-refractivity contribution in [3.63, 3.8) is 0 Å². The molecule has 0 spiro atoms. The summed E-state index contributed by atoms with van der Waals surface area (Å²) in [5.74, 6) is 0.347. The second-order valence-corrected chi connectivity index (χ2v) is 6.63. The molecule has 0 N–H and O–H groups in total. The number of rotatable bonds is 6. The maximum absolute atomic E-state index is 12.0. The van der Waals surface area contributed by atoms with E-state index < -0.39 is 5.63 Å². The molecule has 0 atom stereocenters. The van der Waals surface area contributed by atoms with Gasteiger partial charge in [0, 0.05) is 17.0 Å². The number of esters is 1. The van der Waals surface area contributed by atoms with Crippen molar-refractivity contribution < 1.29 is 18.7 Å². The number of para-hydroxylation sites is 1. The summed E-state index contributed by atoms with van der Waals surface area (Å²) in [6.07, 6.45) is 3.29. The van der Waals surface area contributed by atoms with Crippen molar-refractivity contribution in [3.8, 4) is 5.75 Å². The van der Waals surface area contributed by atoms with Crippen LogP contribution in [0.1, 0.15) is 29.5 Å². The Kier molecular flexibility index (Phi) is 4.92. The molecule has 138 valence electrons. The van der Waals surface area contributed by atoms with E-state index in [1.807, 2.05) is 36.4 Å². The number of fused-ring (bicyclic) bond motifs is 2. The maximum Gasteiger partial charge on any atom is 0.336 e. The summed E-state index contributed by atoms with van der Waals surface area (Å²) < 4.78 is 16.2. The molecule has 1 aliphatic carbocycles. The second kappa shape index (κ2) is 7.66. The van der Waals surface area contributed by atoms with Gasteiger partial charge in [-0.15, -0.1) is 0 Å². The first kappa shape index (κ1) is 17.3. The van der Waals surface area contributed by atoms with Gasteiger partial charge in [-0.2, -0.15) is 0 Å². The van der Waals surface area contributed by atoms with Crippen molar-refractivity contribution in [1.82, 2.24) is 0 Å². The summed E-state index contributed by atoms with van der Waals surface area (Å²) in [5, 5.41) is 0.837. The Hall–Kier alpha value is -3.08. The molecular formula is C22H20O5. The van der Waals surface area contributed by atoms with Crippen LogP contribution >= 0.6 is 0 Å². The van der Waals surface area contributed by atoms with Gasteiger partial charge in [0.25, 0.3) is 0 Å². The third-order valence-electron chi connectivity index (χ3n) is 4.75. The molecule has 0 saturated heterocycles. The highest BCUT2D eigenvalue weighted by Crippen LogP contribution is 2.28. The Balaban J connectivity index is 1.41. The Morgan fingerprint density at radius 3 is 2.63 bits per heavy atom. The molecule has 1 heterocycles. The van der Waals surface area contributed by atoms with E-state index in [1.165, 1.54) is 17.2 Å². The third-order valence-corrected chi connectivity index (χ3v) is 4.75. The highest BCUT2D eigenvalue weighted by molar-refractivity contribution is 5.82. The molecule has 5 heteroatoms. The number of carbonyl (C=O) groups is 1. The van der Waals surface area contributed by atoms with Crippen molar-refractivity contribution in [2.45, 2.75) is 32.3 Å². The van der Waals surface area contributed by atoms with Crippen molar-refractivity contribution in [2.75, 3.05) is 6.61 Å². The average molecular weight is 364 g/mol. The second-order valence-electron chi connectivity index (χ2n) is 6.63. The van der Waals surface area contributed by atoms with Crippen LogP contribution in [0.5, 0.6) is 5.75 Å². The van der Waals surface area contributed by atoms with E-state index in [9.17, 15) is 9.59 Å². The van der Waals surface area contributed by atoms with Gasteiger partial charge in [-0.25, -0.2) is 4.79 Å². The van der Waals surface area contributed by atoms with Crippen LogP contribution in [0, 0.1) is 0 Å². The zero-order valence-electron chi connectivity index (χ0n) is 14.9. The van der Waals surface area contributed by atoms with Crippen molar-refractivity contribution in [1.29, 1.82) is 0 Å². The van der Waals surface area contributed by atoms with Crippen molar-refractivity contribution in [3.05, 3.63) is 75.6 Å². The van der Waals surface area contributed by atoms with Crippen LogP contribution in [0.4, 0.5) is 0 Å². The third kappa shape index (κ3) is 4.03. The largest absolute Gasteiger partial charge is 0.493 e. The summed E-state index contributed by atoms with van der Waals surface area (Å²) >= 11 is 0. The lowest BCUT2D eigenvalue weighted by molar-refractivity contribution is -0.145. The fourth-order valence-electron chi connectivity index (χ4n) is 3.41. The summed E-state index contributed by atoms with van der Waals surface area (Å²) in [7, 11) is 0. The van der Waals surface area contributed by atoms with Crippen LogP contribution in [0.25, 0.3) is 11.0 Å². The molecule has 0 unspecified atom stereocenters. The van der Waals surface area contributed by atoms with Crippen LogP contribution < -0.4 is 10.4 Å². The van der Waals surface area contributed by atoms with Gasteiger partial charge in [0.2, 0.25) is 0 Å². The van der Waals surface area contributed by atoms with Crippen LogP contribution in [-0.4, -0.2) is 12.6 Å². The average Bonchev–Trinajstić information content (AvgIpc) is 3.12. The normalized spacial score (nSPS) is 12.7. The van der Waals surface area contributed by atoms with Crippen LogP contribution in [0.2, 0.25) is 0 Å². The molecule has 0 bridgehead atoms. The van der Waals surface area contributed by atoms with Gasteiger partial charge in [0.15, 0.2) is 0 Å². The summed E-state index contributed by atoms with van der Waals surface area (Å²) in [4.78, 5) is 23.9. The minimum absolute atomic E-state index is 0.0467. The van der Waals surface area contributed by atoms with Gasteiger partial charge in [0.1, 0.15) is 17.9 Å². The standard InChI is InChI=1S/C22H20O5/c23-21(9-10-25-18-7-2-1-3-8-18)26-14-17-13-22(24)27-20-12-16-6-4-5-15(16)11-19(17)20/h1-3,7-8,11-13H,4-6,9-10,14H2. The molecule has 0 radical (unpaired) electrons. The summed E-state index contributed by atoms with van der Waals surface area (Å²) in [5.41, 5.74) is 3.31. The van der Waals surface area contributed by atoms with E-state index in [4.69, 9.17) is 13.9 Å². The van der Waals surface area contributed by atoms with Gasteiger partial charge >= 0.3 is 11.6 Å². The highest BCUT2D eigenvalue weighted by atomic mass is 16.5. The number of hydrogen-bond acceptors (Lipinski definition) is 5. The Morgan fingerprint density at radius 1 is 1.04 bits per heavy atom. The van der Waals surface area contributed by atoms with E-state index in [2.05, 4.69) is 6.07 Å². The first-order valence-electron chi connectivity index (χ1n) is 9.11. The van der Waals surface area contributed by atoms with Crippen molar-refractivity contribution >= 4 is 16.9 Å². The highest BCUT2D eigenvalue weighted by Gasteiger charge is 2.16. The van der Waals surface area contributed by atoms with Gasteiger partial charge in [-0.3, -0.25) is 4.79 Å². The number of ether oxygens (including phenoxy) is 2. The lowest BCUT2D eigenvalue weighted by Crippen LogP contribution is -2.11. The van der Waals surface area contributed by atoms with E-state index >= 15 is 0 Å². The van der Waals surface area contributed by atoms with Gasteiger partial charge in [0.05, 0.1) is 13.0 Å². The number of hydrogen-bond donors (Lipinski definition) is 0. The molecule has 0 aliphatic heterocycles. The van der Waals surface area contributed by atoms with E-state index in [0.717, 1.165) is 24.6 Å². The molecule has 4 rings (SSSR count). The first-order chi connectivity index (χ1) is 13.2. The fourth-order valence-corrected chi connectivity index (χ4v) is 3.41. The monoisotopic (exact) mass is 364 g/mol. The minimum atomic E-state index is -0.432. The predicted octanol–water partition coefficient (Wildman–Crippen LogP) is 3.79. The van der Waals surface area contributed by atoms with Gasteiger partial charge in [-0.1, -0.05) is 18.2 Å². The molecule has 27 heavy (non-hydrogen) atoms. The maximum atomic E-state index is 12.0. The number of benzene rings is 2. The number of carbonyl (C=O) groups excluding carboxylic acids is 1. The van der Waals surface area contributed by atoms with Crippen molar-refractivity contribution in [2.24, 2.45) is 0 Å². The molecule has 0 fully saturated rings. The lowest BCUT2D eigenvalue weighted by atomic mass is 10.0. The van der Waals surface area contributed by atoms with Gasteiger partial charge in [-0.05, 0) is 54.7 Å². The summed E-state index contributed by atoms with van der Waals surface area (Å²) in [6, 6.07) is 14.7. The molecule has 5 nitrogen and oxygen atoms in total. The predicted molar refractivity (Wildman–Crippen MR) is 101 cm³/mol. The van der Waals surface area contributed by atoms with Crippen LogP contribution in [0.15, 0.2) is 57.7 Å². The number of aryl methyl sites for hydroxylation is 2. The van der Waals surface area contributed by atoms with Crippen LogP contribution in [-0.2, 0) is 29.0 Å². The zero-order chi connectivity index (χ0) is 18.6. The zero-order valence-corrected chi connectivity index (χ0v) is 14.9. The molecule has 0 saturated carbocycles. The lowest BCUT2D eigenvalue weighted by Gasteiger charge is -2.09. The fraction of sp³-hybridized carbons (Fsp3) is 0.273. The van der Waals surface area contributed by atoms with Crippen LogP contribution in [0.3, 0.4) is 0 Å². The van der Waals surface area contributed by atoms with E-state index in [-0.39, 0.29) is 25.6 Å².